The Morgan fingerprint density at radius 3 is 2.52 bits per heavy atom. The molecule has 2 aromatic carbocycles. The molecular formula is C18H22FN3O4S. The molecule has 0 unspecified atom stereocenters. The molecule has 0 radical (unpaired) electrons. The van der Waals surface area contributed by atoms with Gasteiger partial charge >= 0.3 is 0 Å². The van der Waals surface area contributed by atoms with Crippen LogP contribution < -0.4 is 15.4 Å². The lowest BCUT2D eigenvalue weighted by atomic mass is 10.3. The molecule has 1 amide bonds. The molecule has 0 aliphatic heterocycles. The number of hydrogen-bond donors (Lipinski definition) is 2. The standard InChI is InChI=1S/C18H22FN3O4S/c1-4-26-16-9-8-14(11-17(16)27(24,25)22(2)3)20-12-18(23)21-15-7-5-6-13(19)10-15/h5-11,20H,4,12H2,1-3H3,(H,21,23). The molecule has 0 atom stereocenters. The van der Waals surface area contributed by atoms with Crippen LogP contribution in [0.25, 0.3) is 0 Å². The molecule has 0 heterocycles. The summed E-state index contributed by atoms with van der Waals surface area (Å²) in [5.74, 6) is -0.613. The molecule has 0 aromatic heterocycles. The summed E-state index contributed by atoms with van der Waals surface area (Å²) in [6, 6.07) is 10.1. The number of carbonyl (C=O) groups excluding carboxylic acids is 1. The van der Waals surface area contributed by atoms with Crippen LogP contribution in [0.5, 0.6) is 5.75 Å². The Morgan fingerprint density at radius 1 is 1.15 bits per heavy atom. The highest BCUT2D eigenvalue weighted by Gasteiger charge is 2.23. The van der Waals surface area contributed by atoms with Gasteiger partial charge in [0, 0.05) is 25.5 Å². The van der Waals surface area contributed by atoms with E-state index in [0.29, 0.717) is 18.0 Å². The number of amides is 1. The van der Waals surface area contributed by atoms with Gasteiger partial charge in [-0.25, -0.2) is 17.1 Å². The normalized spacial score (nSPS) is 11.3. The minimum Gasteiger partial charge on any atom is -0.492 e. The number of halogens is 1. The molecule has 2 N–H and O–H groups in total. The summed E-state index contributed by atoms with van der Waals surface area (Å²) in [6.45, 7) is 1.96. The van der Waals surface area contributed by atoms with Crippen molar-refractivity contribution in [2.45, 2.75) is 11.8 Å². The first-order valence-corrected chi connectivity index (χ1v) is 9.66. The molecule has 9 heteroatoms. The van der Waals surface area contributed by atoms with Crippen molar-refractivity contribution in [3.05, 3.63) is 48.3 Å². The number of nitrogens with one attached hydrogen (secondary N) is 2. The highest BCUT2D eigenvalue weighted by Crippen LogP contribution is 2.29. The molecule has 146 valence electrons. The maximum absolute atomic E-state index is 13.2. The quantitative estimate of drug-likeness (QED) is 0.717. The second-order valence-electron chi connectivity index (χ2n) is 5.79. The number of benzene rings is 2. The second kappa shape index (κ2) is 8.83. The number of nitrogens with zero attached hydrogens (tertiary/aromatic N) is 1. The van der Waals surface area contributed by atoms with E-state index in [1.54, 1.807) is 19.1 Å². The maximum atomic E-state index is 13.2. The van der Waals surface area contributed by atoms with E-state index in [2.05, 4.69) is 10.6 Å². The minimum atomic E-state index is -3.72. The van der Waals surface area contributed by atoms with Gasteiger partial charge in [-0.15, -0.1) is 0 Å². The lowest BCUT2D eigenvalue weighted by Gasteiger charge is -2.17. The van der Waals surface area contributed by atoms with Crippen LogP contribution in [-0.2, 0) is 14.8 Å². The summed E-state index contributed by atoms with van der Waals surface area (Å²) in [6.07, 6.45) is 0. The van der Waals surface area contributed by atoms with Gasteiger partial charge < -0.3 is 15.4 Å². The third-order valence-corrected chi connectivity index (χ3v) is 5.40. The Bertz CT molecular complexity index is 917. The number of carbonyl (C=O) groups is 1. The van der Waals surface area contributed by atoms with Crippen molar-refractivity contribution in [2.75, 3.05) is 37.9 Å². The number of sulfonamides is 1. The van der Waals surface area contributed by atoms with Crippen molar-refractivity contribution < 1.29 is 22.3 Å². The average molecular weight is 395 g/mol. The zero-order chi connectivity index (χ0) is 20.0. The zero-order valence-electron chi connectivity index (χ0n) is 15.3. The fourth-order valence-electron chi connectivity index (χ4n) is 2.24. The maximum Gasteiger partial charge on any atom is 0.246 e. The van der Waals surface area contributed by atoms with Gasteiger partial charge in [0.15, 0.2) is 0 Å². The molecule has 2 rings (SSSR count). The molecule has 0 saturated carbocycles. The molecule has 0 aliphatic rings. The van der Waals surface area contributed by atoms with Crippen LogP contribution in [-0.4, -0.2) is 45.9 Å². The number of anilines is 2. The molecule has 0 saturated heterocycles. The smallest absolute Gasteiger partial charge is 0.246 e. The molecular weight excluding hydrogens is 373 g/mol. The van der Waals surface area contributed by atoms with Crippen LogP contribution in [0.3, 0.4) is 0 Å². The monoisotopic (exact) mass is 395 g/mol. The SMILES string of the molecule is CCOc1ccc(NCC(=O)Nc2cccc(F)c2)cc1S(=O)(=O)N(C)C. The molecule has 0 aliphatic carbocycles. The van der Waals surface area contributed by atoms with Crippen LogP contribution in [0.4, 0.5) is 15.8 Å². The Balaban J connectivity index is 2.13. The third-order valence-electron chi connectivity index (χ3n) is 3.56. The summed E-state index contributed by atoms with van der Waals surface area (Å²) in [5, 5.41) is 5.41. The highest BCUT2D eigenvalue weighted by atomic mass is 32.2. The Morgan fingerprint density at radius 2 is 1.89 bits per heavy atom. The van der Waals surface area contributed by atoms with Gasteiger partial charge in [0.2, 0.25) is 15.9 Å². The van der Waals surface area contributed by atoms with E-state index in [1.165, 1.54) is 44.4 Å². The summed E-state index contributed by atoms with van der Waals surface area (Å²) < 4.78 is 44.6. The minimum absolute atomic E-state index is 0.00453. The number of ether oxygens (including phenoxy) is 1. The van der Waals surface area contributed by atoms with Gasteiger partial charge in [-0.2, -0.15) is 0 Å². The first kappa shape index (κ1) is 20.7. The van der Waals surface area contributed by atoms with E-state index >= 15 is 0 Å². The summed E-state index contributed by atoms with van der Waals surface area (Å²) in [4.78, 5) is 12.0. The van der Waals surface area contributed by atoms with Crippen LogP contribution in [0.15, 0.2) is 47.4 Å². The molecule has 0 spiro atoms. The number of hydrogen-bond acceptors (Lipinski definition) is 5. The van der Waals surface area contributed by atoms with Crippen molar-refractivity contribution >= 4 is 27.3 Å². The third kappa shape index (κ3) is 5.41. The van der Waals surface area contributed by atoms with Crippen molar-refractivity contribution in [3.8, 4) is 5.75 Å². The summed E-state index contributed by atoms with van der Waals surface area (Å²) in [7, 11) is -0.862. The van der Waals surface area contributed by atoms with Gasteiger partial charge in [0.25, 0.3) is 0 Å². The van der Waals surface area contributed by atoms with Crippen LogP contribution in [0.2, 0.25) is 0 Å². The molecule has 27 heavy (non-hydrogen) atoms. The van der Waals surface area contributed by atoms with E-state index < -0.39 is 21.7 Å². The highest BCUT2D eigenvalue weighted by molar-refractivity contribution is 7.89. The van der Waals surface area contributed by atoms with Crippen molar-refractivity contribution in [1.29, 1.82) is 0 Å². The average Bonchev–Trinajstić information content (AvgIpc) is 2.61. The van der Waals surface area contributed by atoms with Gasteiger partial charge in [0.05, 0.1) is 13.2 Å². The van der Waals surface area contributed by atoms with Crippen LogP contribution >= 0.6 is 0 Å². The summed E-state index contributed by atoms with van der Waals surface area (Å²) in [5.41, 5.74) is 0.776. The topological polar surface area (TPSA) is 87.7 Å². The fraction of sp³-hybridized carbons (Fsp3) is 0.278. The van der Waals surface area contributed by atoms with Gasteiger partial charge in [-0.3, -0.25) is 4.79 Å². The fourth-order valence-corrected chi connectivity index (χ4v) is 3.30. The first-order chi connectivity index (χ1) is 12.7. The predicted octanol–water partition coefficient (Wildman–Crippen LogP) is 2.53. The number of rotatable bonds is 8. The Kier molecular flexibility index (Phi) is 6.75. The molecule has 2 aromatic rings. The predicted molar refractivity (Wildman–Crippen MR) is 102 cm³/mol. The molecule has 7 nitrogen and oxygen atoms in total. The van der Waals surface area contributed by atoms with Gasteiger partial charge in [-0.1, -0.05) is 6.07 Å². The van der Waals surface area contributed by atoms with E-state index in [-0.39, 0.29) is 17.2 Å². The van der Waals surface area contributed by atoms with E-state index in [4.69, 9.17) is 4.74 Å². The first-order valence-electron chi connectivity index (χ1n) is 8.22. The molecule has 0 fully saturated rings. The van der Waals surface area contributed by atoms with Gasteiger partial charge in [0.1, 0.15) is 16.5 Å². The zero-order valence-corrected chi connectivity index (χ0v) is 16.1. The van der Waals surface area contributed by atoms with Crippen molar-refractivity contribution in [2.24, 2.45) is 0 Å². The lowest BCUT2D eigenvalue weighted by molar-refractivity contribution is -0.114. The van der Waals surface area contributed by atoms with Gasteiger partial charge in [-0.05, 0) is 43.3 Å². The Hall–Kier alpha value is -2.65. The van der Waals surface area contributed by atoms with E-state index in [1.807, 2.05) is 0 Å². The van der Waals surface area contributed by atoms with E-state index in [9.17, 15) is 17.6 Å². The van der Waals surface area contributed by atoms with Crippen LogP contribution in [0, 0.1) is 5.82 Å². The van der Waals surface area contributed by atoms with Crippen molar-refractivity contribution in [1.82, 2.24) is 4.31 Å². The Labute approximate surface area is 158 Å². The molecule has 0 bridgehead atoms. The largest absolute Gasteiger partial charge is 0.492 e. The lowest BCUT2D eigenvalue weighted by Crippen LogP contribution is -2.24. The van der Waals surface area contributed by atoms with Crippen molar-refractivity contribution in [3.63, 3.8) is 0 Å². The van der Waals surface area contributed by atoms with E-state index in [0.717, 1.165) is 4.31 Å². The second-order valence-corrected chi connectivity index (χ2v) is 7.91. The summed E-state index contributed by atoms with van der Waals surface area (Å²) >= 11 is 0. The van der Waals surface area contributed by atoms with Crippen LogP contribution in [0.1, 0.15) is 6.92 Å².